The van der Waals surface area contributed by atoms with Gasteiger partial charge in [-0.05, 0) is 13.8 Å². The van der Waals surface area contributed by atoms with Crippen LogP contribution in [0.3, 0.4) is 0 Å². The molecule has 0 bridgehead atoms. The Bertz CT molecular complexity index is 351. The van der Waals surface area contributed by atoms with Gasteiger partial charge in [0, 0.05) is 38.4 Å². The van der Waals surface area contributed by atoms with E-state index in [1.54, 1.807) is 31.9 Å². The van der Waals surface area contributed by atoms with Crippen molar-refractivity contribution in [3.63, 3.8) is 0 Å². The lowest BCUT2D eigenvalue weighted by molar-refractivity contribution is -0.144. The normalized spacial score (nSPS) is 12.6. The first kappa shape index (κ1) is 18.2. The van der Waals surface area contributed by atoms with Gasteiger partial charge in [0.2, 0.25) is 0 Å². The molecule has 0 aliphatic rings. The van der Waals surface area contributed by atoms with E-state index < -0.39 is 11.9 Å². The smallest absolute Gasteiger partial charge is 0.332 e. The molecular weight excluding hydrogens is 262 g/mol. The summed E-state index contributed by atoms with van der Waals surface area (Å²) in [4.78, 5) is 24.1. The van der Waals surface area contributed by atoms with Gasteiger partial charge in [-0.15, -0.1) is 0 Å². The summed E-state index contributed by atoms with van der Waals surface area (Å²) in [7, 11) is 1.74. The number of esters is 2. The van der Waals surface area contributed by atoms with E-state index in [2.05, 4.69) is 0 Å². The van der Waals surface area contributed by atoms with Gasteiger partial charge in [0.05, 0.1) is 13.2 Å². The van der Waals surface area contributed by atoms with Crippen LogP contribution in [0.15, 0.2) is 24.4 Å². The van der Waals surface area contributed by atoms with E-state index in [1.165, 1.54) is 18.4 Å². The monoisotopic (exact) mass is 285 g/mol. The molecule has 0 aromatic rings. The van der Waals surface area contributed by atoms with Crippen LogP contribution in [0.4, 0.5) is 0 Å². The predicted molar refractivity (Wildman–Crippen MR) is 74.8 cm³/mol. The minimum absolute atomic E-state index is 0.0177. The quantitative estimate of drug-likeness (QED) is 0.500. The average Bonchev–Trinajstić information content (AvgIpc) is 2.37. The second-order valence-electron chi connectivity index (χ2n) is 4.22. The number of ether oxygens (including phenoxy) is 2. The van der Waals surface area contributed by atoms with Crippen LogP contribution in [0, 0.1) is 0 Å². The van der Waals surface area contributed by atoms with E-state index in [9.17, 15) is 9.59 Å². The van der Waals surface area contributed by atoms with E-state index >= 15 is 0 Å². The summed E-state index contributed by atoms with van der Waals surface area (Å²) in [5.74, 6) is -0.876. The summed E-state index contributed by atoms with van der Waals surface area (Å²) in [5, 5.41) is 8.69. The van der Waals surface area contributed by atoms with Crippen molar-refractivity contribution in [1.82, 2.24) is 4.90 Å². The number of hydrogen-bond acceptors (Lipinski definition) is 6. The van der Waals surface area contributed by atoms with Crippen molar-refractivity contribution in [3.05, 3.63) is 24.4 Å². The number of nitrogens with zero attached hydrogens (tertiary/aromatic N) is 1. The number of carbonyl (C=O) groups is 2. The molecule has 0 heterocycles. The predicted octanol–water partition coefficient (Wildman–Crippen LogP) is 0.865. The lowest BCUT2D eigenvalue weighted by atomic mass is 10.3. The number of aliphatic hydroxyl groups excluding tert-OH is 1. The van der Waals surface area contributed by atoms with E-state index in [4.69, 9.17) is 14.6 Å². The second-order valence-corrected chi connectivity index (χ2v) is 4.22. The van der Waals surface area contributed by atoms with Crippen LogP contribution in [-0.4, -0.2) is 54.9 Å². The van der Waals surface area contributed by atoms with Crippen molar-refractivity contribution in [2.24, 2.45) is 0 Å². The molecule has 0 aromatic carbocycles. The average molecular weight is 285 g/mol. The third kappa shape index (κ3) is 10.1. The van der Waals surface area contributed by atoms with Crippen molar-refractivity contribution in [2.45, 2.75) is 26.4 Å². The van der Waals surface area contributed by atoms with Crippen LogP contribution in [0.2, 0.25) is 0 Å². The molecule has 0 saturated carbocycles. The van der Waals surface area contributed by atoms with E-state index in [1.807, 2.05) is 0 Å². The van der Waals surface area contributed by atoms with Gasteiger partial charge in [-0.3, -0.25) is 0 Å². The number of carbonyl (C=O) groups excluding carboxylic acids is 2. The number of rotatable bonds is 9. The van der Waals surface area contributed by atoms with Crippen molar-refractivity contribution in [2.75, 3.05) is 26.8 Å². The Morgan fingerprint density at radius 2 is 2.00 bits per heavy atom. The van der Waals surface area contributed by atoms with Crippen molar-refractivity contribution in [1.29, 1.82) is 0 Å². The van der Waals surface area contributed by atoms with E-state index in [0.717, 1.165) is 0 Å². The number of likely N-dealkylation sites (N-methyl/N-ethyl adjacent to an activating group) is 1. The number of allylic oxidation sites excluding steroid dienone is 1. The summed E-state index contributed by atoms with van der Waals surface area (Å²) < 4.78 is 9.99. The van der Waals surface area contributed by atoms with Gasteiger partial charge < -0.3 is 19.5 Å². The van der Waals surface area contributed by atoms with Crippen LogP contribution >= 0.6 is 0 Å². The maximum atomic E-state index is 11.4. The molecule has 0 saturated heterocycles. The molecule has 0 radical (unpaired) electrons. The fourth-order valence-corrected chi connectivity index (χ4v) is 1.23. The third-order valence-corrected chi connectivity index (χ3v) is 2.31. The Labute approximate surface area is 119 Å². The first-order valence-electron chi connectivity index (χ1n) is 6.49. The van der Waals surface area contributed by atoms with Crippen LogP contribution < -0.4 is 0 Å². The molecule has 20 heavy (non-hydrogen) atoms. The number of aliphatic hydroxyl groups is 1. The molecule has 1 unspecified atom stereocenters. The molecule has 0 aromatic heterocycles. The maximum absolute atomic E-state index is 11.4. The molecule has 114 valence electrons. The molecule has 0 amide bonds. The second kappa shape index (κ2) is 11.0. The highest BCUT2D eigenvalue weighted by molar-refractivity contribution is 5.82. The minimum Gasteiger partial charge on any atom is -0.462 e. The fraction of sp³-hybridized carbons (Fsp3) is 0.571. The SMILES string of the molecule is C/C=C/C(=O)OCCC(C)OC(=O)/C=C/N(C)CCO. The summed E-state index contributed by atoms with van der Waals surface area (Å²) in [6, 6.07) is 0. The lowest BCUT2D eigenvalue weighted by Gasteiger charge is -2.13. The van der Waals surface area contributed by atoms with Crippen molar-refractivity contribution >= 4 is 11.9 Å². The molecule has 0 spiro atoms. The van der Waals surface area contributed by atoms with Crippen molar-refractivity contribution in [3.8, 4) is 0 Å². The van der Waals surface area contributed by atoms with Gasteiger partial charge in [-0.2, -0.15) is 0 Å². The molecular formula is C14H23NO5. The van der Waals surface area contributed by atoms with Crippen LogP contribution in [-0.2, 0) is 19.1 Å². The summed E-state index contributed by atoms with van der Waals surface area (Å²) in [6.45, 7) is 4.12. The zero-order valence-electron chi connectivity index (χ0n) is 12.2. The Hall–Kier alpha value is -1.82. The van der Waals surface area contributed by atoms with Gasteiger partial charge in [-0.25, -0.2) is 9.59 Å². The van der Waals surface area contributed by atoms with Gasteiger partial charge >= 0.3 is 11.9 Å². The van der Waals surface area contributed by atoms with Gasteiger partial charge in [0.25, 0.3) is 0 Å². The largest absolute Gasteiger partial charge is 0.462 e. The first-order chi connectivity index (χ1) is 9.49. The molecule has 1 N–H and O–H groups in total. The lowest BCUT2D eigenvalue weighted by Crippen LogP contribution is -2.18. The molecule has 0 aliphatic carbocycles. The molecule has 0 aliphatic heterocycles. The Balaban J connectivity index is 3.87. The summed E-state index contributed by atoms with van der Waals surface area (Å²) in [5.41, 5.74) is 0. The Kier molecular flexibility index (Phi) is 10.0. The molecule has 0 rings (SSSR count). The van der Waals surface area contributed by atoms with Gasteiger partial charge in [-0.1, -0.05) is 6.08 Å². The molecule has 0 fully saturated rings. The highest BCUT2D eigenvalue weighted by Gasteiger charge is 2.08. The highest BCUT2D eigenvalue weighted by Crippen LogP contribution is 2.00. The fourth-order valence-electron chi connectivity index (χ4n) is 1.23. The van der Waals surface area contributed by atoms with Crippen molar-refractivity contribution < 1.29 is 24.2 Å². The zero-order valence-corrected chi connectivity index (χ0v) is 12.2. The Morgan fingerprint density at radius 3 is 2.60 bits per heavy atom. The molecule has 6 heteroatoms. The van der Waals surface area contributed by atoms with Crippen LogP contribution in [0.1, 0.15) is 20.3 Å². The third-order valence-electron chi connectivity index (χ3n) is 2.31. The first-order valence-corrected chi connectivity index (χ1v) is 6.49. The number of hydrogen-bond donors (Lipinski definition) is 1. The summed E-state index contributed by atoms with van der Waals surface area (Å²) in [6.07, 6.45) is 5.86. The van der Waals surface area contributed by atoms with Gasteiger partial charge in [0.15, 0.2) is 0 Å². The summed E-state index contributed by atoms with van der Waals surface area (Å²) >= 11 is 0. The maximum Gasteiger partial charge on any atom is 0.332 e. The zero-order chi connectivity index (χ0) is 15.4. The standard InChI is InChI=1S/C14H23NO5/c1-4-5-13(17)19-11-7-12(2)20-14(18)6-8-15(3)9-10-16/h4-6,8,12,16H,7,9-11H2,1-3H3/b5-4+,8-6+. The topological polar surface area (TPSA) is 76.1 Å². The van der Waals surface area contributed by atoms with E-state index in [0.29, 0.717) is 13.0 Å². The van der Waals surface area contributed by atoms with Gasteiger partial charge in [0.1, 0.15) is 6.10 Å². The highest BCUT2D eigenvalue weighted by atomic mass is 16.6. The van der Waals surface area contributed by atoms with Crippen LogP contribution in [0.25, 0.3) is 0 Å². The molecule has 1 atom stereocenters. The molecule has 6 nitrogen and oxygen atoms in total. The van der Waals surface area contributed by atoms with E-state index in [-0.39, 0.29) is 19.3 Å². The van der Waals surface area contributed by atoms with Crippen LogP contribution in [0.5, 0.6) is 0 Å². The Morgan fingerprint density at radius 1 is 1.30 bits per heavy atom. The minimum atomic E-state index is -0.470.